The van der Waals surface area contributed by atoms with Crippen LogP contribution in [0.2, 0.25) is 0 Å². The van der Waals surface area contributed by atoms with Gasteiger partial charge in [-0.25, -0.2) is 9.67 Å². The molecule has 1 aliphatic heterocycles. The van der Waals surface area contributed by atoms with Crippen LogP contribution in [0.3, 0.4) is 0 Å². The molecule has 1 aromatic carbocycles. The Labute approximate surface area is 208 Å². The van der Waals surface area contributed by atoms with Gasteiger partial charge in [0.25, 0.3) is 0 Å². The Morgan fingerprint density at radius 1 is 0.972 bits per heavy atom. The van der Waals surface area contributed by atoms with Gasteiger partial charge in [0.2, 0.25) is 0 Å². The molecule has 4 aromatic heterocycles. The van der Waals surface area contributed by atoms with Crippen molar-refractivity contribution in [1.82, 2.24) is 29.4 Å². The molecule has 1 saturated heterocycles. The van der Waals surface area contributed by atoms with E-state index in [4.69, 9.17) is 10.2 Å². The topological polar surface area (TPSA) is 100.0 Å². The molecular weight excluding hydrogens is 450 g/mol. The SMILES string of the molecule is N#Cc1ccc(NCc2ccc3nc(Cn4cc(-c5cncc(N6CCCC6)c5)nn4)cn3c2)cc1. The van der Waals surface area contributed by atoms with E-state index in [0.29, 0.717) is 18.7 Å². The lowest BCUT2D eigenvalue weighted by atomic mass is 10.2. The molecule has 36 heavy (non-hydrogen) atoms. The van der Waals surface area contributed by atoms with E-state index in [0.717, 1.165) is 52.6 Å². The highest BCUT2D eigenvalue weighted by Gasteiger charge is 2.14. The molecule has 0 aliphatic carbocycles. The Balaban J connectivity index is 1.13. The summed E-state index contributed by atoms with van der Waals surface area (Å²) in [6, 6.07) is 15.8. The number of benzene rings is 1. The molecule has 0 bridgehead atoms. The van der Waals surface area contributed by atoms with Gasteiger partial charge in [0.1, 0.15) is 11.3 Å². The summed E-state index contributed by atoms with van der Waals surface area (Å²) in [5.41, 5.74) is 7.47. The standard InChI is InChI=1S/C27H25N9/c28-12-20-3-6-23(7-4-20)30-13-21-5-8-27-31-24(17-35(27)16-21)18-36-19-26(32-33-36)22-11-25(15-29-14-22)34-9-1-2-10-34/h3-8,11,14-17,19,30H,1-2,9-10,13,18H2. The quantitative estimate of drug-likeness (QED) is 0.378. The number of rotatable bonds is 7. The van der Waals surface area contributed by atoms with E-state index in [-0.39, 0.29) is 0 Å². The molecule has 9 nitrogen and oxygen atoms in total. The number of anilines is 2. The van der Waals surface area contributed by atoms with E-state index < -0.39 is 0 Å². The predicted octanol–water partition coefficient (Wildman–Crippen LogP) is 4.12. The summed E-state index contributed by atoms with van der Waals surface area (Å²) in [5.74, 6) is 0. The highest BCUT2D eigenvalue weighted by Crippen LogP contribution is 2.24. The zero-order valence-corrected chi connectivity index (χ0v) is 19.7. The van der Waals surface area contributed by atoms with Crippen LogP contribution in [0.5, 0.6) is 0 Å². The number of nitriles is 1. The lowest BCUT2D eigenvalue weighted by molar-refractivity contribution is 0.641. The van der Waals surface area contributed by atoms with Crippen LogP contribution in [0.4, 0.5) is 11.4 Å². The van der Waals surface area contributed by atoms with E-state index in [9.17, 15) is 0 Å². The van der Waals surface area contributed by atoms with Crippen LogP contribution < -0.4 is 10.2 Å². The summed E-state index contributed by atoms with van der Waals surface area (Å²) in [6.07, 6.45) is 12.3. The molecule has 1 N–H and O–H groups in total. The summed E-state index contributed by atoms with van der Waals surface area (Å²) in [7, 11) is 0. The first-order valence-corrected chi connectivity index (χ1v) is 12.0. The normalized spacial score (nSPS) is 13.2. The number of nitrogens with zero attached hydrogens (tertiary/aromatic N) is 8. The molecule has 178 valence electrons. The molecule has 5 heterocycles. The van der Waals surface area contributed by atoms with Crippen LogP contribution in [0, 0.1) is 11.3 Å². The highest BCUT2D eigenvalue weighted by atomic mass is 15.4. The van der Waals surface area contributed by atoms with Gasteiger partial charge < -0.3 is 14.6 Å². The first-order chi connectivity index (χ1) is 17.7. The maximum absolute atomic E-state index is 8.94. The number of pyridine rings is 2. The van der Waals surface area contributed by atoms with Crippen molar-refractivity contribution in [3.05, 3.63) is 90.3 Å². The fourth-order valence-electron chi connectivity index (χ4n) is 4.53. The van der Waals surface area contributed by atoms with Gasteiger partial charge in [-0.05, 0) is 54.8 Å². The minimum atomic E-state index is 0.534. The van der Waals surface area contributed by atoms with Crippen LogP contribution in [-0.4, -0.2) is 42.5 Å². The second-order valence-corrected chi connectivity index (χ2v) is 9.01. The molecule has 1 fully saturated rings. The van der Waals surface area contributed by atoms with E-state index in [2.05, 4.69) is 49.9 Å². The van der Waals surface area contributed by atoms with Gasteiger partial charge >= 0.3 is 0 Å². The van der Waals surface area contributed by atoms with Crippen LogP contribution in [0.1, 0.15) is 29.7 Å². The van der Waals surface area contributed by atoms with Gasteiger partial charge in [0, 0.05) is 49.5 Å². The third-order valence-corrected chi connectivity index (χ3v) is 6.43. The molecule has 0 radical (unpaired) electrons. The van der Waals surface area contributed by atoms with Crippen molar-refractivity contribution in [2.75, 3.05) is 23.3 Å². The predicted molar refractivity (Wildman–Crippen MR) is 137 cm³/mol. The number of nitrogens with one attached hydrogen (secondary N) is 1. The average Bonchev–Trinajstić information content (AvgIpc) is 3.69. The van der Waals surface area contributed by atoms with Gasteiger partial charge in [0.05, 0.1) is 42.0 Å². The Morgan fingerprint density at radius 3 is 2.67 bits per heavy atom. The van der Waals surface area contributed by atoms with Gasteiger partial charge in [-0.1, -0.05) is 11.3 Å². The third kappa shape index (κ3) is 4.61. The second-order valence-electron chi connectivity index (χ2n) is 9.01. The molecule has 0 unspecified atom stereocenters. The van der Waals surface area contributed by atoms with E-state index in [1.807, 2.05) is 64.2 Å². The van der Waals surface area contributed by atoms with Crippen molar-refractivity contribution in [1.29, 1.82) is 5.26 Å². The Bertz CT molecular complexity index is 1540. The van der Waals surface area contributed by atoms with Crippen molar-refractivity contribution in [2.45, 2.75) is 25.9 Å². The largest absolute Gasteiger partial charge is 0.381 e. The fraction of sp³-hybridized carbons (Fsp3) is 0.222. The zero-order valence-electron chi connectivity index (χ0n) is 19.7. The van der Waals surface area contributed by atoms with E-state index in [1.54, 1.807) is 0 Å². The molecule has 0 saturated carbocycles. The maximum Gasteiger partial charge on any atom is 0.137 e. The molecule has 0 amide bonds. The molecular formula is C27H25N9. The lowest BCUT2D eigenvalue weighted by Crippen LogP contribution is -2.17. The number of imidazole rings is 1. The van der Waals surface area contributed by atoms with Crippen LogP contribution in [0.15, 0.2) is 73.4 Å². The minimum absolute atomic E-state index is 0.534. The summed E-state index contributed by atoms with van der Waals surface area (Å²) in [6.45, 7) is 3.37. The van der Waals surface area contributed by atoms with Crippen molar-refractivity contribution in [2.24, 2.45) is 0 Å². The molecule has 9 heteroatoms. The molecule has 5 aromatic rings. The number of hydrogen-bond donors (Lipinski definition) is 1. The Hall–Kier alpha value is -4.71. The third-order valence-electron chi connectivity index (χ3n) is 6.43. The second kappa shape index (κ2) is 9.50. The van der Waals surface area contributed by atoms with Crippen LogP contribution in [0.25, 0.3) is 16.9 Å². The Kier molecular flexibility index (Phi) is 5.75. The zero-order chi connectivity index (χ0) is 24.3. The number of fused-ring (bicyclic) bond motifs is 1. The smallest absolute Gasteiger partial charge is 0.137 e. The van der Waals surface area contributed by atoms with Crippen molar-refractivity contribution in [3.63, 3.8) is 0 Å². The van der Waals surface area contributed by atoms with Crippen LogP contribution in [-0.2, 0) is 13.1 Å². The minimum Gasteiger partial charge on any atom is -0.381 e. The molecule has 0 spiro atoms. The fourth-order valence-corrected chi connectivity index (χ4v) is 4.53. The van der Waals surface area contributed by atoms with Gasteiger partial charge in [-0.3, -0.25) is 4.98 Å². The average molecular weight is 476 g/mol. The first kappa shape index (κ1) is 21.8. The Morgan fingerprint density at radius 2 is 1.83 bits per heavy atom. The first-order valence-electron chi connectivity index (χ1n) is 12.0. The van der Waals surface area contributed by atoms with Crippen molar-refractivity contribution in [3.8, 4) is 17.3 Å². The molecule has 0 atom stereocenters. The summed E-state index contributed by atoms with van der Waals surface area (Å²) < 4.78 is 3.85. The number of hydrogen-bond acceptors (Lipinski definition) is 7. The summed E-state index contributed by atoms with van der Waals surface area (Å²) in [4.78, 5) is 11.5. The summed E-state index contributed by atoms with van der Waals surface area (Å²) in [5, 5.41) is 21.0. The monoisotopic (exact) mass is 475 g/mol. The van der Waals surface area contributed by atoms with Crippen molar-refractivity contribution < 1.29 is 0 Å². The molecule has 1 aliphatic rings. The molecule has 6 rings (SSSR count). The van der Waals surface area contributed by atoms with E-state index >= 15 is 0 Å². The van der Waals surface area contributed by atoms with Gasteiger partial charge in [-0.2, -0.15) is 5.26 Å². The van der Waals surface area contributed by atoms with Crippen molar-refractivity contribution >= 4 is 17.0 Å². The maximum atomic E-state index is 8.94. The summed E-state index contributed by atoms with van der Waals surface area (Å²) >= 11 is 0. The van der Waals surface area contributed by atoms with Gasteiger partial charge in [-0.15, -0.1) is 5.10 Å². The lowest BCUT2D eigenvalue weighted by Gasteiger charge is -2.17. The van der Waals surface area contributed by atoms with Gasteiger partial charge in [0.15, 0.2) is 0 Å². The van der Waals surface area contributed by atoms with E-state index in [1.165, 1.54) is 12.8 Å². The van der Waals surface area contributed by atoms with Crippen LogP contribution >= 0.6 is 0 Å². The highest BCUT2D eigenvalue weighted by molar-refractivity contribution is 5.63. The number of aromatic nitrogens is 6.